The zero-order valence-electron chi connectivity index (χ0n) is 19.2. The fourth-order valence-electron chi connectivity index (χ4n) is 4.30. The number of methoxy groups -OCH3 is 1. The molecule has 2 aliphatic heterocycles. The monoisotopic (exact) mass is 439 g/mol. The van der Waals surface area contributed by atoms with Crippen LogP contribution < -0.4 is 24.8 Å². The number of rotatable bonds is 7. The first kappa shape index (κ1) is 22.3. The van der Waals surface area contributed by atoms with Gasteiger partial charge in [-0.05, 0) is 56.0 Å². The molecule has 7 heteroatoms. The van der Waals surface area contributed by atoms with Crippen LogP contribution in [0.2, 0.25) is 0 Å². The lowest BCUT2D eigenvalue weighted by Crippen LogP contribution is -2.48. The third-order valence-corrected chi connectivity index (χ3v) is 6.22. The Hall–Kier alpha value is -2.93. The van der Waals surface area contributed by atoms with Crippen LogP contribution in [0.5, 0.6) is 17.2 Å². The minimum Gasteiger partial charge on any atom is -0.496 e. The van der Waals surface area contributed by atoms with Crippen molar-refractivity contribution in [1.29, 1.82) is 0 Å². The lowest BCUT2D eigenvalue weighted by atomic mass is 9.74. The molecule has 1 fully saturated rings. The molecule has 0 bridgehead atoms. The molecule has 2 aromatic carbocycles. The SMILES string of the molecule is CCNC(=NCc1ccc(C)cc1OC)NCC1(c2ccc3c(c2)OCO3)CCOCC1. The van der Waals surface area contributed by atoms with Crippen molar-refractivity contribution in [2.24, 2.45) is 4.99 Å². The van der Waals surface area contributed by atoms with Crippen molar-refractivity contribution in [1.82, 2.24) is 10.6 Å². The van der Waals surface area contributed by atoms with Crippen LogP contribution in [0.3, 0.4) is 0 Å². The molecule has 0 unspecified atom stereocenters. The first-order chi connectivity index (χ1) is 15.6. The van der Waals surface area contributed by atoms with E-state index < -0.39 is 0 Å². The van der Waals surface area contributed by atoms with Gasteiger partial charge in [0.1, 0.15) is 5.75 Å². The van der Waals surface area contributed by atoms with Gasteiger partial charge in [0.15, 0.2) is 17.5 Å². The molecule has 172 valence electrons. The van der Waals surface area contributed by atoms with Gasteiger partial charge >= 0.3 is 0 Å². The summed E-state index contributed by atoms with van der Waals surface area (Å²) in [5.74, 6) is 3.29. The van der Waals surface area contributed by atoms with Crippen LogP contribution in [0.25, 0.3) is 0 Å². The van der Waals surface area contributed by atoms with E-state index in [9.17, 15) is 0 Å². The third-order valence-electron chi connectivity index (χ3n) is 6.22. The Morgan fingerprint density at radius 3 is 2.66 bits per heavy atom. The highest BCUT2D eigenvalue weighted by Crippen LogP contribution is 2.40. The number of nitrogens with one attached hydrogen (secondary N) is 2. The van der Waals surface area contributed by atoms with E-state index in [2.05, 4.69) is 48.7 Å². The van der Waals surface area contributed by atoms with Crippen LogP contribution in [-0.4, -0.2) is 46.2 Å². The van der Waals surface area contributed by atoms with Crippen molar-refractivity contribution in [2.75, 3.05) is 40.2 Å². The van der Waals surface area contributed by atoms with Crippen LogP contribution >= 0.6 is 0 Å². The Labute approximate surface area is 190 Å². The number of aliphatic imine (C=N–C) groups is 1. The van der Waals surface area contributed by atoms with Gasteiger partial charge < -0.3 is 29.6 Å². The van der Waals surface area contributed by atoms with E-state index in [1.165, 1.54) is 11.1 Å². The molecule has 0 amide bonds. The molecule has 0 spiro atoms. The van der Waals surface area contributed by atoms with Crippen LogP contribution in [0.4, 0.5) is 0 Å². The maximum Gasteiger partial charge on any atom is 0.231 e. The molecule has 32 heavy (non-hydrogen) atoms. The lowest BCUT2D eigenvalue weighted by molar-refractivity contribution is 0.0513. The van der Waals surface area contributed by atoms with Crippen molar-refractivity contribution in [2.45, 2.75) is 38.6 Å². The number of hydrogen-bond donors (Lipinski definition) is 2. The second-order valence-corrected chi connectivity index (χ2v) is 8.32. The predicted molar refractivity (Wildman–Crippen MR) is 125 cm³/mol. The van der Waals surface area contributed by atoms with E-state index in [0.29, 0.717) is 6.54 Å². The molecular formula is C25H33N3O4. The van der Waals surface area contributed by atoms with Crippen LogP contribution in [-0.2, 0) is 16.7 Å². The van der Waals surface area contributed by atoms with Crippen LogP contribution in [0, 0.1) is 6.92 Å². The fraction of sp³-hybridized carbons (Fsp3) is 0.480. The summed E-state index contributed by atoms with van der Waals surface area (Å²) in [6.07, 6.45) is 1.87. The maximum absolute atomic E-state index is 5.69. The second kappa shape index (κ2) is 10.1. The average Bonchev–Trinajstić information content (AvgIpc) is 3.30. The van der Waals surface area contributed by atoms with Gasteiger partial charge in [0.2, 0.25) is 6.79 Å². The van der Waals surface area contributed by atoms with Crippen LogP contribution in [0.1, 0.15) is 36.5 Å². The number of aryl methyl sites for hydroxylation is 1. The summed E-state index contributed by atoms with van der Waals surface area (Å²) >= 11 is 0. The van der Waals surface area contributed by atoms with Gasteiger partial charge in [-0.2, -0.15) is 0 Å². The van der Waals surface area contributed by atoms with Gasteiger partial charge in [-0.3, -0.25) is 0 Å². The van der Waals surface area contributed by atoms with E-state index in [1.54, 1.807) is 7.11 Å². The number of guanidine groups is 1. The van der Waals surface area contributed by atoms with Crippen molar-refractivity contribution in [3.05, 3.63) is 53.1 Å². The molecule has 0 saturated carbocycles. The highest BCUT2D eigenvalue weighted by Gasteiger charge is 2.35. The van der Waals surface area contributed by atoms with Crippen molar-refractivity contribution >= 4 is 5.96 Å². The molecule has 2 N–H and O–H groups in total. The Morgan fingerprint density at radius 2 is 1.88 bits per heavy atom. The largest absolute Gasteiger partial charge is 0.496 e. The molecule has 2 aromatic rings. The number of fused-ring (bicyclic) bond motifs is 1. The normalized spacial score (nSPS) is 17.2. The Morgan fingerprint density at radius 1 is 1.06 bits per heavy atom. The van der Waals surface area contributed by atoms with Crippen LogP contribution in [0.15, 0.2) is 41.4 Å². The van der Waals surface area contributed by atoms with Gasteiger partial charge in [-0.25, -0.2) is 4.99 Å². The molecule has 0 atom stereocenters. The summed E-state index contributed by atoms with van der Waals surface area (Å²) in [6.45, 7) is 7.99. The molecular weight excluding hydrogens is 406 g/mol. The van der Waals surface area contributed by atoms with Gasteiger partial charge in [-0.15, -0.1) is 0 Å². The molecule has 1 saturated heterocycles. The van der Waals surface area contributed by atoms with Crippen molar-refractivity contribution in [3.63, 3.8) is 0 Å². The van der Waals surface area contributed by atoms with Crippen molar-refractivity contribution < 1.29 is 18.9 Å². The van der Waals surface area contributed by atoms with Gasteiger partial charge in [0, 0.05) is 37.3 Å². The van der Waals surface area contributed by atoms with E-state index in [1.807, 2.05) is 12.1 Å². The zero-order valence-corrected chi connectivity index (χ0v) is 19.2. The Kier molecular flexibility index (Phi) is 7.05. The summed E-state index contributed by atoms with van der Waals surface area (Å²) < 4.78 is 22.4. The first-order valence-corrected chi connectivity index (χ1v) is 11.3. The summed E-state index contributed by atoms with van der Waals surface area (Å²) in [4.78, 5) is 4.83. The zero-order chi connectivity index (χ0) is 22.4. The minimum absolute atomic E-state index is 0.0586. The molecule has 7 nitrogen and oxygen atoms in total. The number of ether oxygens (including phenoxy) is 4. The summed E-state index contributed by atoms with van der Waals surface area (Å²) in [6, 6.07) is 12.5. The summed E-state index contributed by atoms with van der Waals surface area (Å²) in [5, 5.41) is 6.96. The molecule has 4 rings (SSSR count). The molecule has 0 aromatic heterocycles. The third kappa shape index (κ3) is 4.93. The number of nitrogens with zero attached hydrogens (tertiary/aromatic N) is 1. The van der Waals surface area contributed by atoms with E-state index in [0.717, 1.165) is 67.9 Å². The fourth-order valence-corrected chi connectivity index (χ4v) is 4.30. The van der Waals surface area contributed by atoms with E-state index in [-0.39, 0.29) is 12.2 Å². The molecule has 0 aliphatic carbocycles. The molecule has 0 radical (unpaired) electrons. The first-order valence-electron chi connectivity index (χ1n) is 11.3. The molecule has 2 heterocycles. The minimum atomic E-state index is -0.0586. The predicted octanol–water partition coefficient (Wildman–Crippen LogP) is 3.54. The summed E-state index contributed by atoms with van der Waals surface area (Å²) in [7, 11) is 1.70. The van der Waals surface area contributed by atoms with Gasteiger partial charge in [0.05, 0.1) is 13.7 Å². The Balaban J connectivity index is 1.52. The highest BCUT2D eigenvalue weighted by atomic mass is 16.7. The number of hydrogen-bond acceptors (Lipinski definition) is 5. The Bertz CT molecular complexity index is 954. The summed E-state index contributed by atoms with van der Waals surface area (Å²) in [5.41, 5.74) is 3.42. The smallest absolute Gasteiger partial charge is 0.231 e. The topological polar surface area (TPSA) is 73.3 Å². The van der Waals surface area contributed by atoms with E-state index >= 15 is 0 Å². The maximum atomic E-state index is 5.69. The average molecular weight is 440 g/mol. The quantitative estimate of drug-likeness (QED) is 0.508. The van der Waals surface area contributed by atoms with Gasteiger partial charge in [-0.1, -0.05) is 18.2 Å². The molecule has 2 aliphatic rings. The highest BCUT2D eigenvalue weighted by molar-refractivity contribution is 5.80. The number of benzene rings is 2. The lowest BCUT2D eigenvalue weighted by Gasteiger charge is -2.38. The van der Waals surface area contributed by atoms with E-state index in [4.69, 9.17) is 23.9 Å². The van der Waals surface area contributed by atoms with Gasteiger partial charge in [0.25, 0.3) is 0 Å². The second-order valence-electron chi connectivity index (χ2n) is 8.32. The standard InChI is InChI=1S/C25H33N3O4/c1-4-26-24(27-15-19-6-5-18(2)13-22(19)29-3)28-16-25(9-11-30-12-10-25)20-7-8-21-23(14-20)32-17-31-21/h5-8,13-14H,4,9-12,15-17H2,1-3H3,(H2,26,27,28). The van der Waals surface area contributed by atoms with Crippen molar-refractivity contribution in [3.8, 4) is 17.2 Å².